The molecule has 0 unspecified atom stereocenters. The molecule has 0 saturated heterocycles. The number of nitrogens with one attached hydrogen (secondary N) is 1. The molecule has 0 radical (unpaired) electrons. The Balaban J connectivity index is 2.56. The van der Waals surface area contributed by atoms with Gasteiger partial charge in [-0.25, -0.2) is 0 Å². The van der Waals surface area contributed by atoms with Crippen LogP contribution >= 0.6 is 0 Å². The number of Topliss-reactive ketones (excluding diaryl/α,β-unsaturated/α-hetero) is 1. The predicted octanol–water partition coefficient (Wildman–Crippen LogP) is 3.30. The number of carbonyl (C=O) groups is 1. The first-order chi connectivity index (χ1) is 8.30. The van der Waals surface area contributed by atoms with Gasteiger partial charge in [0.1, 0.15) is 0 Å². The zero-order valence-corrected chi connectivity index (χ0v) is 10.5. The SMILES string of the molecule is CC(C)(C)C(=O)c1c[nH]c2cc([N+](=O)[O-])ccc12. The van der Waals surface area contributed by atoms with Crippen molar-refractivity contribution < 1.29 is 9.72 Å². The quantitative estimate of drug-likeness (QED) is 0.501. The summed E-state index contributed by atoms with van der Waals surface area (Å²) in [6, 6.07) is 4.47. The standard InChI is InChI=1S/C13H14N2O3/c1-13(2,3)12(16)10-7-14-11-6-8(15(17)18)4-5-9(10)11/h4-7,14H,1-3H3. The van der Waals surface area contributed by atoms with Crippen LogP contribution in [0, 0.1) is 15.5 Å². The van der Waals surface area contributed by atoms with Gasteiger partial charge in [0.25, 0.3) is 5.69 Å². The lowest BCUT2D eigenvalue weighted by molar-refractivity contribution is -0.384. The molecule has 0 aliphatic rings. The molecule has 0 aliphatic heterocycles. The molecular weight excluding hydrogens is 232 g/mol. The Kier molecular flexibility index (Phi) is 2.69. The highest BCUT2D eigenvalue weighted by atomic mass is 16.6. The molecule has 0 fully saturated rings. The van der Waals surface area contributed by atoms with Crippen molar-refractivity contribution in [3.05, 3.63) is 40.1 Å². The van der Waals surface area contributed by atoms with E-state index in [1.54, 1.807) is 12.3 Å². The minimum atomic E-state index is -0.475. The summed E-state index contributed by atoms with van der Waals surface area (Å²) in [6.45, 7) is 5.54. The zero-order valence-electron chi connectivity index (χ0n) is 10.5. The molecule has 0 bridgehead atoms. The molecule has 0 spiro atoms. The molecule has 0 saturated carbocycles. The number of H-pyrrole nitrogens is 1. The van der Waals surface area contributed by atoms with Crippen molar-refractivity contribution in [1.29, 1.82) is 0 Å². The van der Waals surface area contributed by atoms with Gasteiger partial charge in [0, 0.05) is 34.7 Å². The Bertz CT molecular complexity index is 635. The Labute approximate surface area is 104 Å². The van der Waals surface area contributed by atoms with E-state index in [-0.39, 0.29) is 11.5 Å². The van der Waals surface area contributed by atoms with Crippen LogP contribution in [0.1, 0.15) is 31.1 Å². The van der Waals surface area contributed by atoms with E-state index in [0.29, 0.717) is 11.1 Å². The number of aromatic amines is 1. The van der Waals surface area contributed by atoms with E-state index in [9.17, 15) is 14.9 Å². The maximum absolute atomic E-state index is 12.2. The number of carbonyl (C=O) groups excluding carboxylic acids is 1. The second-order valence-corrected chi connectivity index (χ2v) is 5.27. The van der Waals surface area contributed by atoms with Gasteiger partial charge in [-0.1, -0.05) is 20.8 Å². The third-order valence-corrected chi connectivity index (χ3v) is 2.80. The number of nitro groups is 1. The van der Waals surface area contributed by atoms with E-state index in [4.69, 9.17) is 0 Å². The molecule has 0 amide bonds. The van der Waals surface area contributed by atoms with Gasteiger partial charge in [-0.05, 0) is 6.07 Å². The number of nitro benzene ring substituents is 1. The third kappa shape index (κ3) is 1.99. The van der Waals surface area contributed by atoms with Gasteiger partial charge in [0.05, 0.1) is 10.4 Å². The van der Waals surface area contributed by atoms with Crippen molar-refractivity contribution in [2.24, 2.45) is 5.41 Å². The number of non-ortho nitro benzene ring substituents is 1. The summed E-state index contributed by atoms with van der Waals surface area (Å²) in [4.78, 5) is 25.3. The van der Waals surface area contributed by atoms with Gasteiger partial charge < -0.3 is 4.98 Å². The van der Waals surface area contributed by atoms with Crippen LogP contribution in [0.3, 0.4) is 0 Å². The highest BCUT2D eigenvalue weighted by Gasteiger charge is 2.25. The smallest absolute Gasteiger partial charge is 0.271 e. The maximum atomic E-state index is 12.2. The number of benzene rings is 1. The molecule has 5 heteroatoms. The minimum absolute atomic E-state index is 0.0131. The van der Waals surface area contributed by atoms with E-state index in [0.717, 1.165) is 5.39 Å². The molecule has 18 heavy (non-hydrogen) atoms. The Hall–Kier alpha value is -2.17. The molecular formula is C13H14N2O3. The van der Waals surface area contributed by atoms with Crippen LogP contribution in [0.4, 0.5) is 5.69 Å². The van der Waals surface area contributed by atoms with Crippen LogP contribution in [-0.4, -0.2) is 15.7 Å². The van der Waals surface area contributed by atoms with Crippen LogP contribution in [0.5, 0.6) is 0 Å². The van der Waals surface area contributed by atoms with Gasteiger partial charge in [0.2, 0.25) is 0 Å². The molecule has 0 atom stereocenters. The number of hydrogen-bond donors (Lipinski definition) is 1. The fourth-order valence-corrected chi connectivity index (χ4v) is 1.82. The average molecular weight is 246 g/mol. The van der Waals surface area contributed by atoms with E-state index in [1.807, 2.05) is 20.8 Å². The summed E-state index contributed by atoms with van der Waals surface area (Å²) in [6.07, 6.45) is 1.61. The molecule has 1 heterocycles. The molecule has 1 N–H and O–H groups in total. The minimum Gasteiger partial charge on any atom is -0.360 e. The largest absolute Gasteiger partial charge is 0.360 e. The lowest BCUT2D eigenvalue weighted by Gasteiger charge is -2.15. The highest BCUT2D eigenvalue weighted by Crippen LogP contribution is 2.28. The number of hydrogen-bond acceptors (Lipinski definition) is 3. The fraction of sp³-hybridized carbons (Fsp3) is 0.308. The lowest BCUT2D eigenvalue weighted by atomic mass is 9.86. The molecule has 94 valence electrons. The van der Waals surface area contributed by atoms with Crippen LogP contribution in [0.15, 0.2) is 24.4 Å². The second kappa shape index (κ2) is 3.94. The molecule has 1 aromatic carbocycles. The highest BCUT2D eigenvalue weighted by molar-refractivity contribution is 6.10. The van der Waals surface area contributed by atoms with Crippen LogP contribution in [0.2, 0.25) is 0 Å². The number of fused-ring (bicyclic) bond motifs is 1. The Morgan fingerprint density at radius 1 is 1.33 bits per heavy atom. The first-order valence-corrected chi connectivity index (χ1v) is 5.61. The van der Waals surface area contributed by atoms with E-state index < -0.39 is 10.3 Å². The number of aromatic nitrogens is 1. The zero-order chi connectivity index (χ0) is 13.5. The van der Waals surface area contributed by atoms with Crippen molar-refractivity contribution in [2.75, 3.05) is 0 Å². The second-order valence-electron chi connectivity index (χ2n) is 5.27. The molecule has 5 nitrogen and oxygen atoms in total. The topological polar surface area (TPSA) is 76.0 Å². The van der Waals surface area contributed by atoms with E-state index in [2.05, 4.69) is 4.98 Å². The fourth-order valence-electron chi connectivity index (χ4n) is 1.82. The number of nitrogens with zero attached hydrogens (tertiary/aromatic N) is 1. The van der Waals surface area contributed by atoms with Gasteiger partial charge in [-0.15, -0.1) is 0 Å². The van der Waals surface area contributed by atoms with Crippen LogP contribution < -0.4 is 0 Å². The van der Waals surface area contributed by atoms with Crippen LogP contribution in [-0.2, 0) is 0 Å². The van der Waals surface area contributed by atoms with Crippen molar-refractivity contribution in [3.8, 4) is 0 Å². The van der Waals surface area contributed by atoms with Gasteiger partial charge in [-0.2, -0.15) is 0 Å². The summed E-state index contributed by atoms with van der Waals surface area (Å²) in [5.74, 6) is 0.0163. The monoisotopic (exact) mass is 246 g/mol. The van der Waals surface area contributed by atoms with Crippen molar-refractivity contribution in [1.82, 2.24) is 4.98 Å². The Morgan fingerprint density at radius 2 is 2.00 bits per heavy atom. The molecule has 0 aliphatic carbocycles. The van der Waals surface area contributed by atoms with Crippen molar-refractivity contribution >= 4 is 22.4 Å². The van der Waals surface area contributed by atoms with Gasteiger partial charge in [-0.3, -0.25) is 14.9 Å². The molecule has 2 rings (SSSR count). The van der Waals surface area contributed by atoms with E-state index >= 15 is 0 Å². The summed E-state index contributed by atoms with van der Waals surface area (Å²) in [5.41, 5.74) is 0.722. The lowest BCUT2D eigenvalue weighted by Crippen LogP contribution is -2.19. The summed E-state index contributed by atoms with van der Waals surface area (Å²) in [7, 11) is 0. The van der Waals surface area contributed by atoms with Gasteiger partial charge in [0.15, 0.2) is 5.78 Å². The molecule has 2 aromatic rings. The summed E-state index contributed by atoms with van der Waals surface area (Å²) >= 11 is 0. The normalized spacial score (nSPS) is 11.7. The number of rotatable bonds is 2. The van der Waals surface area contributed by atoms with Crippen molar-refractivity contribution in [2.45, 2.75) is 20.8 Å². The van der Waals surface area contributed by atoms with Gasteiger partial charge >= 0.3 is 0 Å². The summed E-state index contributed by atoms with van der Waals surface area (Å²) < 4.78 is 0. The third-order valence-electron chi connectivity index (χ3n) is 2.80. The van der Waals surface area contributed by atoms with E-state index in [1.165, 1.54) is 12.1 Å². The molecule has 1 aromatic heterocycles. The van der Waals surface area contributed by atoms with Crippen LogP contribution in [0.25, 0.3) is 10.9 Å². The Morgan fingerprint density at radius 3 is 2.56 bits per heavy atom. The average Bonchev–Trinajstić information content (AvgIpc) is 2.68. The first-order valence-electron chi connectivity index (χ1n) is 5.61. The first kappa shape index (κ1) is 12.3. The van der Waals surface area contributed by atoms with Crippen molar-refractivity contribution in [3.63, 3.8) is 0 Å². The maximum Gasteiger partial charge on any atom is 0.271 e. The predicted molar refractivity (Wildman–Crippen MR) is 68.7 cm³/mol. The summed E-state index contributed by atoms with van der Waals surface area (Å²) in [5, 5.41) is 11.4. The number of ketones is 1.